The third kappa shape index (κ3) is 3.83. The van der Waals surface area contributed by atoms with Crippen molar-refractivity contribution in [2.45, 2.75) is 25.3 Å². The van der Waals surface area contributed by atoms with Crippen LogP contribution in [0.25, 0.3) is 0 Å². The maximum absolute atomic E-state index is 12.2. The van der Waals surface area contributed by atoms with Crippen molar-refractivity contribution < 1.29 is 19.0 Å². The lowest BCUT2D eigenvalue weighted by atomic mass is 9.90. The van der Waals surface area contributed by atoms with Crippen LogP contribution in [0.4, 0.5) is 0 Å². The number of ether oxygens (including phenoxy) is 3. The molecule has 0 saturated carbocycles. The summed E-state index contributed by atoms with van der Waals surface area (Å²) in [4.78, 5) is 16.7. The molecule has 0 bridgehead atoms. The Balaban J connectivity index is 1.77. The largest absolute Gasteiger partial charge is 0.497 e. The molecule has 2 heterocycles. The molecule has 26 heavy (non-hydrogen) atoms. The standard InChI is InChI=1S/C19H25N3O4/c1-24-9-8-20-19(23)16-12-22-11-13(4-7-18(22)21-16)15-10-14(25-2)5-6-17(15)26-3/h5-6,10,12-13H,4,7-9,11H2,1-3H3,(H,20,23). The number of rotatable bonds is 7. The third-order valence-corrected chi connectivity index (χ3v) is 4.69. The van der Waals surface area contributed by atoms with Gasteiger partial charge in [0.1, 0.15) is 23.0 Å². The quantitative estimate of drug-likeness (QED) is 0.766. The van der Waals surface area contributed by atoms with E-state index in [-0.39, 0.29) is 11.8 Å². The minimum Gasteiger partial charge on any atom is -0.497 e. The zero-order valence-electron chi connectivity index (χ0n) is 15.4. The van der Waals surface area contributed by atoms with Crippen molar-refractivity contribution in [1.29, 1.82) is 0 Å². The zero-order chi connectivity index (χ0) is 18.5. The van der Waals surface area contributed by atoms with Crippen molar-refractivity contribution in [2.24, 2.45) is 0 Å². The second-order valence-electron chi connectivity index (χ2n) is 6.29. The lowest BCUT2D eigenvalue weighted by molar-refractivity contribution is 0.0932. The van der Waals surface area contributed by atoms with E-state index in [1.165, 1.54) is 0 Å². The van der Waals surface area contributed by atoms with Gasteiger partial charge in [0.15, 0.2) is 0 Å². The van der Waals surface area contributed by atoms with Gasteiger partial charge in [0.25, 0.3) is 5.91 Å². The molecule has 0 spiro atoms. The lowest BCUT2D eigenvalue weighted by Gasteiger charge is -2.25. The topological polar surface area (TPSA) is 74.6 Å². The SMILES string of the molecule is COCCNC(=O)c1cn2c(n1)CCC(c1cc(OC)ccc1OC)C2. The Kier molecular flexibility index (Phi) is 5.78. The molecule has 1 aromatic carbocycles. The molecule has 0 aliphatic carbocycles. The van der Waals surface area contributed by atoms with E-state index in [9.17, 15) is 4.79 Å². The lowest BCUT2D eigenvalue weighted by Crippen LogP contribution is -2.27. The van der Waals surface area contributed by atoms with Crippen LogP contribution >= 0.6 is 0 Å². The molecular formula is C19H25N3O4. The first kappa shape index (κ1) is 18.3. The summed E-state index contributed by atoms with van der Waals surface area (Å²) in [5.74, 6) is 2.73. The van der Waals surface area contributed by atoms with Crippen LogP contribution in [0.5, 0.6) is 11.5 Å². The summed E-state index contributed by atoms with van der Waals surface area (Å²) in [5.41, 5.74) is 1.58. The van der Waals surface area contributed by atoms with E-state index in [4.69, 9.17) is 14.2 Å². The first-order chi connectivity index (χ1) is 12.7. The van der Waals surface area contributed by atoms with Crippen LogP contribution in [-0.4, -0.2) is 49.9 Å². The van der Waals surface area contributed by atoms with Gasteiger partial charge in [-0.3, -0.25) is 4.79 Å². The molecule has 7 nitrogen and oxygen atoms in total. The Labute approximate surface area is 153 Å². The molecule has 1 aliphatic heterocycles. The summed E-state index contributed by atoms with van der Waals surface area (Å²) in [6.45, 7) is 1.72. The van der Waals surface area contributed by atoms with Crippen LogP contribution in [0.1, 0.15) is 34.2 Å². The maximum Gasteiger partial charge on any atom is 0.271 e. The molecular weight excluding hydrogens is 334 g/mol. The van der Waals surface area contributed by atoms with Gasteiger partial charge in [0, 0.05) is 44.3 Å². The maximum atomic E-state index is 12.2. The predicted octanol–water partition coefficient (Wildman–Crippen LogP) is 2.01. The number of carbonyl (C=O) groups is 1. The minimum atomic E-state index is -0.167. The molecule has 1 aromatic heterocycles. The summed E-state index contributed by atoms with van der Waals surface area (Å²) in [6.07, 6.45) is 3.60. The number of benzene rings is 1. The van der Waals surface area contributed by atoms with E-state index in [1.807, 2.05) is 24.4 Å². The number of fused-ring (bicyclic) bond motifs is 1. The van der Waals surface area contributed by atoms with E-state index >= 15 is 0 Å². The normalized spacial score (nSPS) is 16.0. The van der Waals surface area contributed by atoms with Gasteiger partial charge in [-0.1, -0.05) is 0 Å². The van der Waals surface area contributed by atoms with Crippen molar-refractivity contribution in [3.8, 4) is 11.5 Å². The first-order valence-electron chi connectivity index (χ1n) is 8.71. The van der Waals surface area contributed by atoms with Gasteiger partial charge in [0.2, 0.25) is 0 Å². The fraction of sp³-hybridized carbons (Fsp3) is 0.474. The van der Waals surface area contributed by atoms with E-state index in [1.54, 1.807) is 21.3 Å². The first-order valence-corrected chi connectivity index (χ1v) is 8.71. The smallest absolute Gasteiger partial charge is 0.271 e. The minimum absolute atomic E-state index is 0.167. The number of carbonyl (C=O) groups excluding carboxylic acids is 1. The third-order valence-electron chi connectivity index (χ3n) is 4.69. The summed E-state index contributed by atoms with van der Waals surface area (Å²) < 4.78 is 17.9. The summed E-state index contributed by atoms with van der Waals surface area (Å²) >= 11 is 0. The van der Waals surface area contributed by atoms with Crippen LogP contribution in [0, 0.1) is 0 Å². The molecule has 1 atom stereocenters. The molecule has 1 aliphatic rings. The number of amides is 1. The number of imidazole rings is 1. The second-order valence-corrected chi connectivity index (χ2v) is 6.29. The second kappa shape index (κ2) is 8.23. The van der Waals surface area contributed by atoms with Gasteiger partial charge >= 0.3 is 0 Å². The van der Waals surface area contributed by atoms with E-state index < -0.39 is 0 Å². The predicted molar refractivity (Wildman–Crippen MR) is 97.0 cm³/mol. The highest BCUT2D eigenvalue weighted by atomic mass is 16.5. The van der Waals surface area contributed by atoms with Crippen molar-refractivity contribution in [3.05, 3.63) is 41.5 Å². The van der Waals surface area contributed by atoms with Gasteiger partial charge in [-0.25, -0.2) is 4.98 Å². The molecule has 1 unspecified atom stereocenters. The van der Waals surface area contributed by atoms with Crippen LogP contribution in [-0.2, 0) is 17.7 Å². The molecule has 7 heteroatoms. The van der Waals surface area contributed by atoms with Crippen molar-refractivity contribution in [1.82, 2.24) is 14.9 Å². The van der Waals surface area contributed by atoms with Crippen molar-refractivity contribution in [2.75, 3.05) is 34.5 Å². The zero-order valence-corrected chi connectivity index (χ0v) is 15.4. The van der Waals surface area contributed by atoms with Crippen molar-refractivity contribution >= 4 is 5.91 Å². The summed E-state index contributed by atoms with van der Waals surface area (Å²) in [7, 11) is 4.95. The van der Waals surface area contributed by atoms with Gasteiger partial charge < -0.3 is 24.1 Å². The molecule has 2 aromatic rings. The number of hydrogen-bond donors (Lipinski definition) is 1. The Morgan fingerprint density at radius 1 is 1.31 bits per heavy atom. The number of aryl methyl sites for hydroxylation is 1. The Hall–Kier alpha value is -2.54. The summed E-state index contributed by atoms with van der Waals surface area (Å²) in [6, 6.07) is 5.87. The highest BCUT2D eigenvalue weighted by Gasteiger charge is 2.25. The molecule has 0 saturated heterocycles. The van der Waals surface area contributed by atoms with Gasteiger partial charge in [-0.05, 0) is 24.6 Å². The molecule has 1 amide bonds. The average Bonchev–Trinajstić information content (AvgIpc) is 3.11. The molecule has 0 fully saturated rings. The van der Waals surface area contributed by atoms with E-state index in [0.717, 1.165) is 42.3 Å². The molecule has 3 rings (SSSR count). The monoisotopic (exact) mass is 359 g/mol. The number of nitrogens with one attached hydrogen (secondary N) is 1. The number of aromatic nitrogens is 2. The number of methoxy groups -OCH3 is 3. The highest BCUT2D eigenvalue weighted by molar-refractivity contribution is 5.92. The molecule has 140 valence electrons. The average molecular weight is 359 g/mol. The Morgan fingerprint density at radius 3 is 2.88 bits per heavy atom. The fourth-order valence-electron chi connectivity index (χ4n) is 3.32. The van der Waals surface area contributed by atoms with Crippen LogP contribution in [0.2, 0.25) is 0 Å². The van der Waals surface area contributed by atoms with Gasteiger partial charge in [-0.15, -0.1) is 0 Å². The number of hydrogen-bond acceptors (Lipinski definition) is 5. The van der Waals surface area contributed by atoms with E-state index in [2.05, 4.69) is 14.9 Å². The highest BCUT2D eigenvalue weighted by Crippen LogP contribution is 2.36. The van der Waals surface area contributed by atoms with Crippen LogP contribution in [0.15, 0.2) is 24.4 Å². The van der Waals surface area contributed by atoms with Crippen LogP contribution < -0.4 is 14.8 Å². The van der Waals surface area contributed by atoms with Crippen LogP contribution in [0.3, 0.4) is 0 Å². The Morgan fingerprint density at radius 2 is 2.15 bits per heavy atom. The fourth-order valence-corrected chi connectivity index (χ4v) is 3.32. The summed E-state index contributed by atoms with van der Waals surface area (Å²) in [5, 5.41) is 2.81. The molecule has 0 radical (unpaired) electrons. The molecule has 1 N–H and O–H groups in total. The van der Waals surface area contributed by atoms with Crippen molar-refractivity contribution in [3.63, 3.8) is 0 Å². The van der Waals surface area contributed by atoms with Gasteiger partial charge in [-0.2, -0.15) is 0 Å². The van der Waals surface area contributed by atoms with E-state index in [0.29, 0.717) is 18.8 Å². The Bertz CT molecular complexity index is 772. The van der Waals surface area contributed by atoms with Gasteiger partial charge in [0.05, 0.1) is 20.8 Å². The number of nitrogens with zero attached hydrogens (tertiary/aromatic N) is 2.